The largest absolute Gasteiger partial charge is 0.468 e. The lowest BCUT2D eigenvalue weighted by Gasteiger charge is -2.34. The average Bonchev–Trinajstić information content (AvgIpc) is 2.71. The highest BCUT2D eigenvalue weighted by Crippen LogP contribution is 2.42. The van der Waals surface area contributed by atoms with E-state index < -0.39 is 34.7 Å². The van der Waals surface area contributed by atoms with Crippen molar-refractivity contribution in [1.29, 1.82) is 0 Å². The van der Waals surface area contributed by atoms with Crippen molar-refractivity contribution in [2.24, 2.45) is 5.41 Å². The van der Waals surface area contributed by atoms with Crippen molar-refractivity contribution in [2.45, 2.75) is 19.3 Å². The zero-order valence-electron chi connectivity index (χ0n) is 15.9. The first-order valence-electron chi connectivity index (χ1n) is 8.92. The molecule has 0 amide bonds. The summed E-state index contributed by atoms with van der Waals surface area (Å²) in [6.07, 6.45) is -0.0766. The highest BCUT2D eigenvalue weighted by Gasteiger charge is 2.57. The van der Waals surface area contributed by atoms with Crippen molar-refractivity contribution in [1.82, 2.24) is 0 Å². The van der Waals surface area contributed by atoms with Crippen LogP contribution in [0.15, 0.2) is 60.7 Å². The van der Waals surface area contributed by atoms with Crippen molar-refractivity contribution < 1.29 is 24.0 Å². The van der Waals surface area contributed by atoms with Crippen molar-refractivity contribution in [3.63, 3.8) is 0 Å². The molecular formula is C21H23NO6. The molecule has 2 rings (SSSR count). The minimum absolute atomic E-state index is 0.0341. The molecule has 2 atom stereocenters. The van der Waals surface area contributed by atoms with Gasteiger partial charge in [-0.15, -0.1) is 0 Å². The molecule has 0 bridgehead atoms. The van der Waals surface area contributed by atoms with Gasteiger partial charge in [0.05, 0.1) is 19.6 Å². The lowest BCUT2D eigenvalue weighted by Crippen LogP contribution is -2.50. The second kappa shape index (κ2) is 9.64. The van der Waals surface area contributed by atoms with Crippen LogP contribution in [0.4, 0.5) is 0 Å². The molecule has 28 heavy (non-hydrogen) atoms. The Kier molecular flexibility index (Phi) is 7.26. The number of hydrogen-bond acceptors (Lipinski definition) is 6. The van der Waals surface area contributed by atoms with Gasteiger partial charge in [0, 0.05) is 11.3 Å². The molecule has 7 heteroatoms. The van der Waals surface area contributed by atoms with Crippen LogP contribution in [-0.2, 0) is 25.5 Å². The van der Waals surface area contributed by atoms with Gasteiger partial charge in [0.1, 0.15) is 0 Å². The van der Waals surface area contributed by atoms with Gasteiger partial charge < -0.3 is 9.47 Å². The summed E-state index contributed by atoms with van der Waals surface area (Å²) in [5, 5.41) is 11.5. The maximum absolute atomic E-state index is 13.1. The number of nitro groups is 1. The van der Waals surface area contributed by atoms with Crippen LogP contribution in [0.1, 0.15) is 24.0 Å². The van der Waals surface area contributed by atoms with Gasteiger partial charge >= 0.3 is 11.9 Å². The van der Waals surface area contributed by atoms with Crippen molar-refractivity contribution >= 4 is 11.9 Å². The van der Waals surface area contributed by atoms with E-state index in [-0.39, 0.29) is 13.0 Å². The van der Waals surface area contributed by atoms with Crippen LogP contribution in [0.5, 0.6) is 0 Å². The van der Waals surface area contributed by atoms with Crippen LogP contribution >= 0.6 is 0 Å². The Hall–Kier alpha value is -3.22. The van der Waals surface area contributed by atoms with Crippen LogP contribution < -0.4 is 0 Å². The third-order valence-corrected chi connectivity index (χ3v) is 4.64. The van der Waals surface area contributed by atoms with Gasteiger partial charge in [-0.2, -0.15) is 0 Å². The monoisotopic (exact) mass is 385 g/mol. The van der Waals surface area contributed by atoms with Crippen molar-refractivity contribution in [3.8, 4) is 0 Å². The summed E-state index contributed by atoms with van der Waals surface area (Å²) in [5.41, 5.74) is -0.723. The smallest absolute Gasteiger partial charge is 0.324 e. The highest BCUT2D eigenvalue weighted by molar-refractivity contribution is 6.01. The molecule has 0 aromatic heterocycles. The normalized spacial score (nSPS) is 13.8. The lowest BCUT2D eigenvalue weighted by atomic mass is 9.68. The second-order valence-electron chi connectivity index (χ2n) is 6.32. The predicted molar refractivity (Wildman–Crippen MR) is 102 cm³/mol. The van der Waals surface area contributed by atoms with Crippen LogP contribution in [-0.4, -0.2) is 37.1 Å². The summed E-state index contributed by atoms with van der Waals surface area (Å²) in [7, 11) is 1.16. The third kappa shape index (κ3) is 4.54. The summed E-state index contributed by atoms with van der Waals surface area (Å²) in [6, 6.07) is 17.4. The van der Waals surface area contributed by atoms with E-state index in [0.717, 1.165) is 7.11 Å². The molecular weight excluding hydrogens is 362 g/mol. The van der Waals surface area contributed by atoms with Crippen molar-refractivity contribution in [2.75, 3.05) is 20.3 Å². The Balaban J connectivity index is 2.71. The van der Waals surface area contributed by atoms with Gasteiger partial charge in [-0.3, -0.25) is 19.7 Å². The highest BCUT2D eigenvalue weighted by atomic mass is 16.6. The van der Waals surface area contributed by atoms with Gasteiger partial charge in [-0.1, -0.05) is 60.7 Å². The summed E-state index contributed by atoms with van der Waals surface area (Å²) >= 11 is 0. The molecule has 0 fully saturated rings. The molecule has 7 nitrogen and oxygen atoms in total. The summed E-state index contributed by atoms with van der Waals surface area (Å²) in [6.45, 7) is 1.03. The molecule has 0 aliphatic rings. The Morgan fingerprint density at radius 2 is 1.61 bits per heavy atom. The van der Waals surface area contributed by atoms with Gasteiger partial charge in [0.25, 0.3) is 0 Å². The molecule has 148 valence electrons. The molecule has 0 aliphatic carbocycles. The topological polar surface area (TPSA) is 95.7 Å². The molecule has 0 radical (unpaired) electrons. The van der Waals surface area contributed by atoms with E-state index in [1.807, 2.05) is 0 Å². The number of benzene rings is 2. The van der Waals surface area contributed by atoms with E-state index in [9.17, 15) is 19.7 Å². The average molecular weight is 385 g/mol. The van der Waals surface area contributed by atoms with Crippen LogP contribution in [0, 0.1) is 15.5 Å². The Bertz CT molecular complexity index is 808. The SMILES string of the molecule is CCOC(=O)C(Cc1ccccc1)(C(=O)OC)C(C[N+](=O)[O-])c1ccccc1. The number of esters is 2. The number of nitrogens with zero attached hydrogens (tertiary/aromatic N) is 1. The fourth-order valence-corrected chi connectivity index (χ4v) is 3.38. The number of carbonyl (C=O) groups excluding carboxylic acids is 2. The van der Waals surface area contributed by atoms with E-state index >= 15 is 0 Å². The summed E-state index contributed by atoms with van der Waals surface area (Å²) in [4.78, 5) is 37.1. The second-order valence-corrected chi connectivity index (χ2v) is 6.32. The standard InChI is InChI=1S/C21H23NO6/c1-3-28-20(24)21(19(23)27-2,14-16-10-6-4-7-11-16)18(15-22(25)26)17-12-8-5-9-13-17/h4-13,18H,3,14-15H2,1-2H3. The van der Waals surface area contributed by atoms with Gasteiger partial charge in [-0.05, 0) is 18.1 Å². The Morgan fingerprint density at radius 3 is 2.11 bits per heavy atom. The Morgan fingerprint density at radius 1 is 1.04 bits per heavy atom. The summed E-state index contributed by atoms with van der Waals surface area (Å²) in [5.74, 6) is -2.75. The van der Waals surface area contributed by atoms with Gasteiger partial charge in [0.2, 0.25) is 6.54 Å². The van der Waals surface area contributed by atoms with Crippen molar-refractivity contribution in [3.05, 3.63) is 81.9 Å². The number of methoxy groups -OCH3 is 1. The molecule has 0 saturated heterocycles. The zero-order chi connectivity index (χ0) is 20.6. The fourth-order valence-electron chi connectivity index (χ4n) is 3.38. The third-order valence-electron chi connectivity index (χ3n) is 4.64. The quantitative estimate of drug-likeness (QED) is 0.285. The maximum Gasteiger partial charge on any atom is 0.324 e. The first-order chi connectivity index (χ1) is 13.5. The minimum Gasteiger partial charge on any atom is -0.468 e. The van der Waals surface area contributed by atoms with Crippen LogP contribution in [0.25, 0.3) is 0 Å². The lowest BCUT2D eigenvalue weighted by molar-refractivity contribution is -0.485. The van der Waals surface area contributed by atoms with Crippen LogP contribution in [0.2, 0.25) is 0 Å². The molecule has 0 heterocycles. The Labute approximate surface area is 163 Å². The van der Waals surface area contributed by atoms with Gasteiger partial charge in [0.15, 0.2) is 5.41 Å². The summed E-state index contributed by atoms with van der Waals surface area (Å²) < 4.78 is 10.2. The van der Waals surface area contributed by atoms with E-state index in [1.165, 1.54) is 0 Å². The number of carbonyl (C=O) groups is 2. The van der Waals surface area contributed by atoms with E-state index in [2.05, 4.69) is 0 Å². The first-order valence-corrected chi connectivity index (χ1v) is 8.92. The molecule has 2 aromatic rings. The molecule has 2 aromatic carbocycles. The number of ether oxygens (including phenoxy) is 2. The van der Waals surface area contributed by atoms with Crippen LogP contribution in [0.3, 0.4) is 0 Å². The van der Waals surface area contributed by atoms with E-state index in [4.69, 9.17) is 9.47 Å². The van der Waals surface area contributed by atoms with Gasteiger partial charge in [-0.25, -0.2) is 0 Å². The maximum atomic E-state index is 13.1. The molecule has 0 N–H and O–H groups in total. The number of rotatable bonds is 9. The number of hydrogen-bond donors (Lipinski definition) is 0. The minimum atomic E-state index is -1.89. The van der Waals surface area contributed by atoms with E-state index in [1.54, 1.807) is 67.6 Å². The predicted octanol–water partition coefficient (Wildman–Crippen LogP) is 3.01. The molecule has 0 aliphatic heterocycles. The zero-order valence-corrected chi connectivity index (χ0v) is 15.9. The first kappa shape index (κ1) is 21.1. The molecule has 2 unspecified atom stereocenters. The fraction of sp³-hybridized carbons (Fsp3) is 0.333. The molecule has 0 saturated carbocycles. The molecule has 0 spiro atoms. The van der Waals surface area contributed by atoms with E-state index in [0.29, 0.717) is 11.1 Å².